The maximum absolute atomic E-state index is 13.7. The molecule has 8 nitrogen and oxygen atoms in total. The number of benzene rings is 1. The Bertz CT molecular complexity index is 926. The van der Waals surface area contributed by atoms with Gasteiger partial charge in [-0.1, -0.05) is 5.21 Å². The summed E-state index contributed by atoms with van der Waals surface area (Å²) in [6, 6.07) is 3.65. The van der Waals surface area contributed by atoms with E-state index in [1.54, 1.807) is 4.90 Å². The van der Waals surface area contributed by atoms with Gasteiger partial charge in [0.25, 0.3) is 5.91 Å². The minimum absolute atomic E-state index is 0.0734. The summed E-state index contributed by atoms with van der Waals surface area (Å²) in [6.07, 6.45) is -4.91. The van der Waals surface area contributed by atoms with E-state index in [1.807, 2.05) is 0 Å². The second-order valence-corrected chi connectivity index (χ2v) is 6.46. The monoisotopic (exact) mass is 398 g/mol. The highest BCUT2D eigenvalue weighted by Crippen LogP contribution is 2.33. The number of carbonyl (C=O) groups is 2. The number of hydrogen-bond donors (Lipinski definition) is 1. The van der Waals surface area contributed by atoms with Crippen molar-refractivity contribution in [2.45, 2.75) is 12.2 Å². The van der Waals surface area contributed by atoms with Crippen LogP contribution in [0.25, 0.3) is 5.69 Å². The van der Waals surface area contributed by atoms with Gasteiger partial charge in [0.05, 0.1) is 11.7 Å². The Hall–Kier alpha value is -3.18. The van der Waals surface area contributed by atoms with Gasteiger partial charge < -0.3 is 15.1 Å². The number of halogens is 4. The third kappa shape index (κ3) is 3.04. The predicted molar refractivity (Wildman–Crippen MR) is 86.1 cm³/mol. The molecule has 3 heterocycles. The molecule has 2 aliphatic rings. The average Bonchev–Trinajstić information content (AvgIpc) is 3.26. The van der Waals surface area contributed by atoms with Crippen molar-refractivity contribution in [2.75, 3.05) is 26.2 Å². The van der Waals surface area contributed by atoms with Crippen LogP contribution in [0.15, 0.2) is 24.3 Å². The Morgan fingerprint density at radius 3 is 2.57 bits per heavy atom. The van der Waals surface area contributed by atoms with Crippen LogP contribution in [0.2, 0.25) is 0 Å². The van der Waals surface area contributed by atoms with Gasteiger partial charge in [0.15, 0.2) is 11.4 Å². The highest BCUT2D eigenvalue weighted by molar-refractivity contribution is 5.94. The van der Waals surface area contributed by atoms with Gasteiger partial charge in [0.1, 0.15) is 5.82 Å². The number of alkyl halides is 3. The average molecular weight is 398 g/mol. The number of nitrogens with one attached hydrogen (secondary N) is 1. The molecule has 0 radical (unpaired) electrons. The number of amides is 3. The predicted octanol–water partition coefficient (Wildman–Crippen LogP) is 1.27. The Morgan fingerprint density at radius 1 is 1.18 bits per heavy atom. The van der Waals surface area contributed by atoms with E-state index in [9.17, 15) is 27.2 Å². The van der Waals surface area contributed by atoms with Gasteiger partial charge in [-0.3, -0.25) is 4.79 Å². The van der Waals surface area contributed by atoms with Crippen molar-refractivity contribution < 1.29 is 27.2 Å². The summed E-state index contributed by atoms with van der Waals surface area (Å²) in [5, 5.41) is 9.58. The van der Waals surface area contributed by atoms with Crippen LogP contribution in [0.5, 0.6) is 0 Å². The molecular formula is C16H14F4N6O2. The number of rotatable bonds is 2. The first-order valence-electron chi connectivity index (χ1n) is 8.38. The number of piperazine rings is 1. The lowest BCUT2D eigenvalue weighted by molar-refractivity contribution is -0.143. The molecule has 28 heavy (non-hydrogen) atoms. The smallest absolute Gasteiger partial charge is 0.336 e. The molecule has 1 N–H and O–H groups in total. The zero-order valence-electron chi connectivity index (χ0n) is 14.3. The molecule has 1 aromatic heterocycles. The molecule has 0 saturated carbocycles. The van der Waals surface area contributed by atoms with Crippen molar-refractivity contribution in [3.05, 3.63) is 41.5 Å². The number of fused-ring (bicyclic) bond motifs is 1. The molecule has 2 fully saturated rings. The van der Waals surface area contributed by atoms with Crippen molar-refractivity contribution >= 4 is 11.9 Å². The number of carbonyl (C=O) groups excluding carboxylic acids is 2. The number of aromatic nitrogens is 3. The van der Waals surface area contributed by atoms with Gasteiger partial charge in [-0.2, -0.15) is 13.2 Å². The largest absolute Gasteiger partial charge is 0.435 e. The van der Waals surface area contributed by atoms with Crippen LogP contribution in [0, 0.1) is 5.82 Å². The highest BCUT2D eigenvalue weighted by atomic mass is 19.4. The summed E-state index contributed by atoms with van der Waals surface area (Å²) in [5.74, 6) is -1.54. The number of hydrogen-bond acceptors (Lipinski definition) is 4. The zero-order valence-corrected chi connectivity index (χ0v) is 14.3. The second kappa shape index (κ2) is 6.46. The van der Waals surface area contributed by atoms with E-state index in [2.05, 4.69) is 15.6 Å². The molecule has 12 heteroatoms. The van der Waals surface area contributed by atoms with E-state index >= 15 is 0 Å². The fourth-order valence-corrected chi connectivity index (χ4v) is 3.38. The number of urea groups is 1. The summed E-state index contributed by atoms with van der Waals surface area (Å²) in [5.41, 5.74) is -2.23. The molecule has 0 bridgehead atoms. The standard InChI is InChI=1S/C16H14F4N6O2/c17-9-1-3-10(4-2-9)26-13(16(18,19)20)12(22-23-26)14(27)24-5-6-25-11(8-24)7-21-15(25)28/h1-4,11H,5-8H2,(H,21,28). The van der Waals surface area contributed by atoms with Gasteiger partial charge in [-0.05, 0) is 24.3 Å². The van der Waals surface area contributed by atoms with Gasteiger partial charge in [0.2, 0.25) is 0 Å². The van der Waals surface area contributed by atoms with Crippen LogP contribution in [0.3, 0.4) is 0 Å². The normalized spacial score (nSPS) is 19.6. The fraction of sp³-hybridized carbons (Fsp3) is 0.375. The minimum Gasteiger partial charge on any atom is -0.336 e. The van der Waals surface area contributed by atoms with E-state index in [0.29, 0.717) is 11.2 Å². The van der Waals surface area contributed by atoms with Crippen molar-refractivity contribution in [1.82, 2.24) is 30.1 Å². The van der Waals surface area contributed by atoms with E-state index in [1.165, 1.54) is 4.90 Å². The van der Waals surface area contributed by atoms with Crippen molar-refractivity contribution in [3.63, 3.8) is 0 Å². The second-order valence-electron chi connectivity index (χ2n) is 6.46. The molecular weight excluding hydrogens is 384 g/mol. The van der Waals surface area contributed by atoms with Crippen LogP contribution in [-0.4, -0.2) is 69.0 Å². The zero-order chi connectivity index (χ0) is 20.1. The van der Waals surface area contributed by atoms with E-state index in [-0.39, 0.29) is 37.4 Å². The van der Waals surface area contributed by atoms with Gasteiger partial charge in [-0.25, -0.2) is 13.9 Å². The summed E-state index contributed by atoms with van der Waals surface area (Å²) < 4.78 is 54.6. The van der Waals surface area contributed by atoms with E-state index in [4.69, 9.17) is 0 Å². The minimum atomic E-state index is -4.91. The lowest BCUT2D eigenvalue weighted by Crippen LogP contribution is -2.54. The van der Waals surface area contributed by atoms with Crippen molar-refractivity contribution in [1.29, 1.82) is 0 Å². The summed E-state index contributed by atoms with van der Waals surface area (Å²) >= 11 is 0. The van der Waals surface area contributed by atoms with Crippen LogP contribution >= 0.6 is 0 Å². The fourth-order valence-electron chi connectivity index (χ4n) is 3.38. The molecule has 0 spiro atoms. The summed E-state index contributed by atoms with van der Waals surface area (Å²) in [4.78, 5) is 27.2. The molecule has 0 aliphatic carbocycles. The van der Waals surface area contributed by atoms with Crippen LogP contribution in [0.4, 0.5) is 22.4 Å². The Kier molecular flexibility index (Phi) is 4.20. The molecule has 2 aromatic rings. The first-order chi connectivity index (χ1) is 13.3. The first-order valence-corrected chi connectivity index (χ1v) is 8.38. The highest BCUT2D eigenvalue weighted by Gasteiger charge is 2.44. The molecule has 4 rings (SSSR count). The van der Waals surface area contributed by atoms with Crippen LogP contribution < -0.4 is 5.32 Å². The molecule has 3 amide bonds. The summed E-state index contributed by atoms with van der Waals surface area (Å²) in [6.45, 7) is 0.717. The lowest BCUT2D eigenvalue weighted by atomic mass is 10.1. The Balaban J connectivity index is 1.67. The van der Waals surface area contributed by atoms with Gasteiger partial charge in [-0.15, -0.1) is 5.10 Å². The maximum atomic E-state index is 13.7. The molecule has 1 atom stereocenters. The van der Waals surface area contributed by atoms with Gasteiger partial charge >= 0.3 is 12.2 Å². The quantitative estimate of drug-likeness (QED) is 0.773. The third-order valence-electron chi connectivity index (χ3n) is 4.73. The maximum Gasteiger partial charge on any atom is 0.435 e. The van der Waals surface area contributed by atoms with Crippen molar-refractivity contribution in [2.24, 2.45) is 0 Å². The summed E-state index contributed by atoms with van der Waals surface area (Å²) in [7, 11) is 0. The van der Waals surface area contributed by atoms with Gasteiger partial charge in [0, 0.05) is 26.2 Å². The SMILES string of the molecule is O=C(c1nnn(-c2ccc(F)cc2)c1C(F)(F)F)N1CCN2C(=O)NCC2C1. The molecule has 2 saturated heterocycles. The number of nitrogens with zero attached hydrogens (tertiary/aromatic N) is 5. The molecule has 1 aromatic carbocycles. The lowest BCUT2D eigenvalue weighted by Gasteiger charge is -2.36. The van der Waals surface area contributed by atoms with Crippen molar-refractivity contribution in [3.8, 4) is 5.69 Å². The molecule has 2 aliphatic heterocycles. The molecule has 148 valence electrons. The first kappa shape index (κ1) is 18.2. The Morgan fingerprint density at radius 2 is 1.89 bits per heavy atom. The third-order valence-corrected chi connectivity index (χ3v) is 4.73. The topological polar surface area (TPSA) is 83.4 Å². The van der Waals surface area contributed by atoms with Crippen LogP contribution in [-0.2, 0) is 6.18 Å². The van der Waals surface area contributed by atoms with Crippen LogP contribution in [0.1, 0.15) is 16.2 Å². The molecule has 1 unspecified atom stereocenters. The Labute approximate surface area is 155 Å². The van der Waals surface area contributed by atoms with E-state index < -0.39 is 29.3 Å². The van der Waals surface area contributed by atoms with E-state index in [0.717, 1.165) is 24.3 Å².